The van der Waals surface area contributed by atoms with Crippen LogP contribution < -0.4 is 5.32 Å². The number of carbonyl (C=O) groups is 3. The first kappa shape index (κ1) is 17.0. The van der Waals surface area contributed by atoms with Gasteiger partial charge in [-0.3, -0.25) is 14.4 Å². The van der Waals surface area contributed by atoms with E-state index in [4.69, 9.17) is 0 Å². The Kier molecular flexibility index (Phi) is 4.14. The van der Waals surface area contributed by atoms with Crippen molar-refractivity contribution in [3.63, 3.8) is 0 Å². The summed E-state index contributed by atoms with van der Waals surface area (Å²) in [6.07, 6.45) is 0.474. The summed E-state index contributed by atoms with van der Waals surface area (Å²) >= 11 is 0. The normalized spacial score (nSPS) is 30.8. The summed E-state index contributed by atoms with van der Waals surface area (Å²) in [5, 5.41) is 12.6. The Bertz CT molecular complexity index is 771. The second kappa shape index (κ2) is 6.35. The van der Waals surface area contributed by atoms with Crippen molar-refractivity contribution in [3.8, 4) is 0 Å². The Balaban J connectivity index is 1.46. The summed E-state index contributed by atoms with van der Waals surface area (Å²) in [7, 11) is 0. The van der Waals surface area contributed by atoms with Crippen LogP contribution in [-0.4, -0.2) is 69.9 Å². The second-order valence-corrected chi connectivity index (χ2v) is 7.15. The monoisotopic (exact) mass is 361 g/mol. The van der Waals surface area contributed by atoms with Gasteiger partial charge in [0, 0.05) is 31.1 Å². The minimum Gasteiger partial charge on any atom is -0.391 e. The van der Waals surface area contributed by atoms with Crippen molar-refractivity contribution in [1.82, 2.24) is 15.1 Å². The van der Waals surface area contributed by atoms with E-state index in [9.17, 15) is 23.9 Å². The topological polar surface area (TPSA) is 89.9 Å². The zero-order valence-electron chi connectivity index (χ0n) is 14.1. The molecule has 1 aromatic carbocycles. The van der Waals surface area contributed by atoms with Crippen molar-refractivity contribution in [2.45, 2.75) is 43.5 Å². The minimum atomic E-state index is -0.669. The molecule has 0 aromatic heterocycles. The van der Waals surface area contributed by atoms with Gasteiger partial charge < -0.3 is 20.2 Å². The highest BCUT2D eigenvalue weighted by atomic mass is 19.1. The molecule has 26 heavy (non-hydrogen) atoms. The van der Waals surface area contributed by atoms with Gasteiger partial charge in [-0.1, -0.05) is 6.07 Å². The molecule has 138 valence electrons. The van der Waals surface area contributed by atoms with Crippen LogP contribution in [0.3, 0.4) is 0 Å². The Morgan fingerprint density at radius 3 is 2.65 bits per heavy atom. The van der Waals surface area contributed by atoms with Crippen molar-refractivity contribution < 1.29 is 23.9 Å². The fourth-order valence-corrected chi connectivity index (χ4v) is 4.17. The molecule has 3 aliphatic heterocycles. The number of aliphatic hydroxyl groups excluding tert-OH is 1. The van der Waals surface area contributed by atoms with Gasteiger partial charge in [0.15, 0.2) is 0 Å². The standard InChI is InChI=1S/C18H20FN3O4/c19-11-3-1-2-10(6-11)16(24)20-12-4-5-21-14(7-12)18(26)22-9-13(23)8-15(22)17(21)25/h1-3,6,12-15,23H,4-5,7-9H2,(H,20,24). The largest absolute Gasteiger partial charge is 0.391 e. The van der Waals surface area contributed by atoms with E-state index >= 15 is 0 Å². The van der Waals surface area contributed by atoms with Crippen LogP contribution in [0.5, 0.6) is 0 Å². The third kappa shape index (κ3) is 2.84. The Labute approximate surface area is 149 Å². The highest BCUT2D eigenvalue weighted by Gasteiger charge is 2.51. The molecule has 0 radical (unpaired) electrons. The van der Waals surface area contributed by atoms with Gasteiger partial charge in [-0.25, -0.2) is 4.39 Å². The maximum Gasteiger partial charge on any atom is 0.251 e. The predicted octanol–water partition coefficient (Wildman–Crippen LogP) is -0.109. The smallest absolute Gasteiger partial charge is 0.251 e. The number of carbonyl (C=O) groups excluding carboxylic acids is 3. The lowest BCUT2D eigenvalue weighted by atomic mass is 9.92. The number of halogens is 1. The molecule has 3 fully saturated rings. The van der Waals surface area contributed by atoms with E-state index < -0.39 is 29.9 Å². The van der Waals surface area contributed by atoms with Crippen LogP contribution in [-0.2, 0) is 9.59 Å². The molecule has 4 unspecified atom stereocenters. The molecule has 0 bridgehead atoms. The number of rotatable bonds is 2. The van der Waals surface area contributed by atoms with E-state index in [1.807, 2.05) is 0 Å². The van der Waals surface area contributed by atoms with E-state index in [0.29, 0.717) is 19.4 Å². The molecule has 4 atom stereocenters. The molecule has 3 aliphatic rings. The first-order valence-corrected chi connectivity index (χ1v) is 8.79. The predicted molar refractivity (Wildman–Crippen MR) is 88.5 cm³/mol. The molecule has 1 aromatic rings. The molecule has 2 N–H and O–H groups in total. The summed E-state index contributed by atoms with van der Waals surface area (Å²) < 4.78 is 13.3. The van der Waals surface area contributed by atoms with Crippen molar-refractivity contribution in [2.75, 3.05) is 13.1 Å². The van der Waals surface area contributed by atoms with Gasteiger partial charge in [0.1, 0.15) is 17.9 Å². The maximum absolute atomic E-state index is 13.3. The van der Waals surface area contributed by atoms with Gasteiger partial charge in [0.25, 0.3) is 5.91 Å². The first-order chi connectivity index (χ1) is 12.4. The molecule has 4 rings (SSSR count). The average Bonchev–Trinajstić information content (AvgIpc) is 3.02. The number of amides is 3. The number of benzene rings is 1. The highest BCUT2D eigenvalue weighted by molar-refractivity contribution is 5.98. The summed E-state index contributed by atoms with van der Waals surface area (Å²) in [4.78, 5) is 40.7. The summed E-state index contributed by atoms with van der Waals surface area (Å²) in [5.74, 6) is -1.18. The van der Waals surface area contributed by atoms with E-state index in [0.717, 1.165) is 6.07 Å². The molecule has 0 spiro atoms. The quantitative estimate of drug-likeness (QED) is 0.769. The zero-order valence-corrected chi connectivity index (χ0v) is 14.1. The van der Waals surface area contributed by atoms with Crippen LogP contribution in [0, 0.1) is 5.82 Å². The second-order valence-electron chi connectivity index (χ2n) is 7.15. The third-order valence-electron chi connectivity index (χ3n) is 5.44. The van der Waals surface area contributed by atoms with Crippen LogP contribution in [0.2, 0.25) is 0 Å². The number of piperazine rings is 1. The van der Waals surface area contributed by atoms with Gasteiger partial charge >= 0.3 is 0 Å². The van der Waals surface area contributed by atoms with Crippen LogP contribution in [0.25, 0.3) is 0 Å². The molecule has 8 heteroatoms. The number of nitrogens with zero attached hydrogens (tertiary/aromatic N) is 2. The molecule has 3 heterocycles. The third-order valence-corrected chi connectivity index (χ3v) is 5.44. The fraction of sp³-hybridized carbons (Fsp3) is 0.500. The average molecular weight is 361 g/mol. The van der Waals surface area contributed by atoms with Crippen LogP contribution in [0.1, 0.15) is 29.6 Å². The molecule has 7 nitrogen and oxygen atoms in total. The lowest BCUT2D eigenvalue weighted by molar-refractivity contribution is -0.161. The van der Waals surface area contributed by atoms with Crippen molar-refractivity contribution >= 4 is 17.7 Å². The molecular formula is C18H20FN3O4. The van der Waals surface area contributed by atoms with Crippen LogP contribution in [0.4, 0.5) is 4.39 Å². The van der Waals surface area contributed by atoms with Crippen LogP contribution in [0.15, 0.2) is 24.3 Å². The lowest BCUT2D eigenvalue weighted by Crippen LogP contribution is -2.66. The van der Waals surface area contributed by atoms with Crippen molar-refractivity contribution in [2.24, 2.45) is 0 Å². The Morgan fingerprint density at radius 1 is 1.15 bits per heavy atom. The summed E-state index contributed by atoms with van der Waals surface area (Å²) in [6, 6.07) is 3.97. The first-order valence-electron chi connectivity index (χ1n) is 8.79. The summed E-state index contributed by atoms with van der Waals surface area (Å²) in [6.45, 7) is 0.559. The number of fused-ring (bicyclic) bond motifs is 2. The van der Waals surface area contributed by atoms with E-state index in [1.165, 1.54) is 23.1 Å². The number of hydrogen-bond donors (Lipinski definition) is 2. The fourth-order valence-electron chi connectivity index (χ4n) is 4.17. The van der Waals surface area contributed by atoms with Gasteiger partial charge in [-0.05, 0) is 31.0 Å². The lowest BCUT2D eigenvalue weighted by Gasteiger charge is -2.46. The number of aliphatic hydroxyl groups is 1. The van der Waals surface area contributed by atoms with Gasteiger partial charge in [-0.15, -0.1) is 0 Å². The minimum absolute atomic E-state index is 0.124. The number of piperidine rings is 1. The molecule has 3 saturated heterocycles. The Morgan fingerprint density at radius 2 is 1.88 bits per heavy atom. The number of nitrogens with one attached hydrogen (secondary N) is 1. The van der Waals surface area contributed by atoms with Crippen molar-refractivity contribution in [3.05, 3.63) is 35.6 Å². The molecule has 0 saturated carbocycles. The van der Waals surface area contributed by atoms with E-state index in [-0.39, 0.29) is 36.4 Å². The van der Waals surface area contributed by atoms with Gasteiger partial charge in [0.05, 0.1) is 6.10 Å². The molecule has 3 amide bonds. The maximum atomic E-state index is 13.3. The van der Waals surface area contributed by atoms with Gasteiger partial charge in [0.2, 0.25) is 11.8 Å². The van der Waals surface area contributed by atoms with Crippen molar-refractivity contribution in [1.29, 1.82) is 0 Å². The highest BCUT2D eigenvalue weighted by Crippen LogP contribution is 2.31. The van der Waals surface area contributed by atoms with E-state index in [1.54, 1.807) is 4.90 Å². The van der Waals surface area contributed by atoms with Gasteiger partial charge in [-0.2, -0.15) is 0 Å². The summed E-state index contributed by atoms with van der Waals surface area (Å²) in [5.41, 5.74) is 0.223. The molecule has 0 aliphatic carbocycles. The Hall–Kier alpha value is -2.48. The molecular weight excluding hydrogens is 341 g/mol. The zero-order chi connectivity index (χ0) is 18.4. The SMILES string of the molecule is O=C(NC1CCN2C(=O)C3CC(O)CN3C(=O)C2C1)c1cccc(F)c1. The number of hydrogen-bond acceptors (Lipinski definition) is 4. The van der Waals surface area contributed by atoms with Crippen LogP contribution >= 0.6 is 0 Å². The van der Waals surface area contributed by atoms with E-state index in [2.05, 4.69) is 5.32 Å².